The number of hydrogen-bond donors (Lipinski definition) is 0. The number of likely N-dealkylation sites (tertiary alicyclic amines) is 1. The molecule has 146 valence electrons. The third-order valence-electron chi connectivity index (χ3n) is 5.20. The highest BCUT2D eigenvalue weighted by Gasteiger charge is 2.32. The Bertz CT molecular complexity index is 724. The molecule has 0 aliphatic carbocycles. The van der Waals surface area contributed by atoms with Gasteiger partial charge in [-0.1, -0.05) is 5.16 Å². The number of ether oxygens (including phenoxy) is 2. The number of amides is 1. The van der Waals surface area contributed by atoms with Gasteiger partial charge < -0.3 is 23.3 Å². The third-order valence-corrected chi connectivity index (χ3v) is 5.20. The highest BCUT2D eigenvalue weighted by molar-refractivity contribution is 5.91. The van der Waals surface area contributed by atoms with E-state index in [2.05, 4.69) is 10.1 Å². The van der Waals surface area contributed by atoms with Gasteiger partial charge in [-0.3, -0.25) is 4.79 Å². The molecule has 0 aromatic carbocycles. The van der Waals surface area contributed by atoms with Crippen LogP contribution < -0.4 is 0 Å². The smallest absolute Gasteiger partial charge is 0.289 e. The van der Waals surface area contributed by atoms with E-state index in [1.165, 1.54) is 6.26 Å². The Labute approximate surface area is 157 Å². The zero-order valence-corrected chi connectivity index (χ0v) is 15.3. The average Bonchev–Trinajstić information content (AvgIpc) is 3.47. The topological polar surface area (TPSA) is 90.8 Å². The van der Waals surface area contributed by atoms with Crippen molar-refractivity contribution in [1.82, 2.24) is 15.0 Å². The molecule has 1 atom stereocenters. The van der Waals surface area contributed by atoms with Crippen molar-refractivity contribution in [3.8, 4) is 0 Å². The first-order chi connectivity index (χ1) is 13.3. The van der Waals surface area contributed by atoms with E-state index in [4.69, 9.17) is 18.4 Å². The number of nitrogens with zero attached hydrogens (tertiary/aromatic N) is 3. The summed E-state index contributed by atoms with van der Waals surface area (Å²) in [5.41, 5.74) is 0. The van der Waals surface area contributed by atoms with Gasteiger partial charge in [-0.15, -0.1) is 0 Å². The molecule has 2 aliphatic rings. The van der Waals surface area contributed by atoms with Crippen molar-refractivity contribution in [3.05, 3.63) is 35.9 Å². The van der Waals surface area contributed by atoms with Gasteiger partial charge in [-0.05, 0) is 37.3 Å². The SMILES string of the molecule is O=C(c1ccco1)N1CCC(c2nc(CCOCC3CCOCC3)no2)C1. The number of carbonyl (C=O) groups excluding carboxylic acids is 1. The molecule has 2 aliphatic heterocycles. The Morgan fingerprint density at radius 1 is 1.30 bits per heavy atom. The number of rotatable bonds is 7. The lowest BCUT2D eigenvalue weighted by atomic mass is 10.0. The van der Waals surface area contributed by atoms with Crippen molar-refractivity contribution >= 4 is 5.91 Å². The fraction of sp³-hybridized carbons (Fsp3) is 0.632. The second kappa shape index (κ2) is 8.67. The zero-order chi connectivity index (χ0) is 18.5. The summed E-state index contributed by atoms with van der Waals surface area (Å²) in [5.74, 6) is 2.20. The molecule has 8 heteroatoms. The molecule has 2 aromatic rings. The average molecular weight is 375 g/mol. The lowest BCUT2D eigenvalue weighted by molar-refractivity contribution is 0.0211. The minimum atomic E-state index is -0.0937. The largest absolute Gasteiger partial charge is 0.459 e. The Morgan fingerprint density at radius 3 is 3.00 bits per heavy atom. The van der Waals surface area contributed by atoms with Gasteiger partial charge in [-0.2, -0.15) is 4.98 Å². The summed E-state index contributed by atoms with van der Waals surface area (Å²) in [6.45, 7) is 4.26. The van der Waals surface area contributed by atoms with Crippen LogP contribution in [-0.2, 0) is 15.9 Å². The lowest BCUT2D eigenvalue weighted by Gasteiger charge is -2.21. The van der Waals surface area contributed by atoms with Crippen LogP contribution in [0.3, 0.4) is 0 Å². The summed E-state index contributed by atoms with van der Waals surface area (Å²) in [6.07, 6.45) is 5.10. The molecule has 0 spiro atoms. The molecule has 0 saturated carbocycles. The van der Waals surface area contributed by atoms with Crippen LogP contribution in [0.5, 0.6) is 0 Å². The quantitative estimate of drug-likeness (QED) is 0.686. The van der Waals surface area contributed by atoms with Crippen LogP contribution in [0, 0.1) is 5.92 Å². The minimum Gasteiger partial charge on any atom is -0.459 e. The summed E-state index contributed by atoms with van der Waals surface area (Å²) < 4.78 is 21.7. The molecule has 27 heavy (non-hydrogen) atoms. The van der Waals surface area contributed by atoms with Gasteiger partial charge in [0.25, 0.3) is 5.91 Å². The monoisotopic (exact) mass is 375 g/mol. The maximum atomic E-state index is 12.3. The van der Waals surface area contributed by atoms with Crippen LogP contribution in [0.15, 0.2) is 27.3 Å². The summed E-state index contributed by atoms with van der Waals surface area (Å²) in [5, 5.41) is 4.06. The Balaban J connectivity index is 1.21. The molecule has 4 heterocycles. The molecule has 1 unspecified atom stereocenters. The molecule has 2 saturated heterocycles. The van der Waals surface area contributed by atoms with Crippen LogP contribution in [0.25, 0.3) is 0 Å². The molecule has 0 radical (unpaired) electrons. The van der Waals surface area contributed by atoms with Crippen LogP contribution >= 0.6 is 0 Å². The van der Waals surface area contributed by atoms with Gasteiger partial charge in [0, 0.05) is 39.3 Å². The molecule has 4 rings (SSSR count). The molecule has 2 aromatic heterocycles. The molecular formula is C19H25N3O5. The predicted molar refractivity (Wildman–Crippen MR) is 94.3 cm³/mol. The fourth-order valence-electron chi connectivity index (χ4n) is 3.56. The maximum Gasteiger partial charge on any atom is 0.289 e. The number of hydrogen-bond acceptors (Lipinski definition) is 7. The van der Waals surface area contributed by atoms with Gasteiger partial charge in [0.1, 0.15) is 0 Å². The van der Waals surface area contributed by atoms with Crippen molar-refractivity contribution in [1.29, 1.82) is 0 Å². The van der Waals surface area contributed by atoms with E-state index >= 15 is 0 Å². The van der Waals surface area contributed by atoms with Gasteiger partial charge in [0.05, 0.1) is 18.8 Å². The summed E-state index contributed by atoms with van der Waals surface area (Å²) in [7, 11) is 0. The van der Waals surface area contributed by atoms with E-state index in [1.807, 2.05) is 0 Å². The van der Waals surface area contributed by atoms with Gasteiger partial charge in [0.2, 0.25) is 5.89 Å². The Kier molecular flexibility index (Phi) is 5.84. The second-order valence-electron chi connectivity index (χ2n) is 7.14. The van der Waals surface area contributed by atoms with E-state index in [1.54, 1.807) is 17.0 Å². The molecule has 1 amide bonds. The van der Waals surface area contributed by atoms with Gasteiger partial charge >= 0.3 is 0 Å². The van der Waals surface area contributed by atoms with Crippen LogP contribution in [0.4, 0.5) is 0 Å². The van der Waals surface area contributed by atoms with Crippen molar-refractivity contribution in [2.24, 2.45) is 5.92 Å². The molecule has 0 bridgehead atoms. The van der Waals surface area contributed by atoms with Gasteiger partial charge in [-0.25, -0.2) is 0 Å². The fourth-order valence-corrected chi connectivity index (χ4v) is 3.56. The number of furan rings is 1. The first-order valence-electron chi connectivity index (χ1n) is 9.60. The van der Waals surface area contributed by atoms with Crippen molar-refractivity contribution in [3.63, 3.8) is 0 Å². The highest BCUT2D eigenvalue weighted by atomic mass is 16.5. The van der Waals surface area contributed by atoms with Crippen LogP contribution in [0.1, 0.15) is 47.5 Å². The zero-order valence-electron chi connectivity index (χ0n) is 15.3. The Morgan fingerprint density at radius 2 is 2.19 bits per heavy atom. The first kappa shape index (κ1) is 18.2. The lowest BCUT2D eigenvalue weighted by Crippen LogP contribution is -2.28. The first-order valence-corrected chi connectivity index (χ1v) is 9.60. The standard InChI is InChI=1S/C19H25N3O5/c23-19(16-2-1-8-26-16)22-7-3-15(12-22)18-20-17(21-27-18)6-11-25-13-14-4-9-24-10-5-14/h1-2,8,14-15H,3-7,9-13H2. The number of carbonyl (C=O) groups is 1. The van der Waals surface area contributed by atoms with Crippen LogP contribution in [-0.4, -0.2) is 60.5 Å². The second-order valence-corrected chi connectivity index (χ2v) is 7.14. The summed E-state index contributed by atoms with van der Waals surface area (Å²) in [4.78, 5) is 18.6. The van der Waals surface area contributed by atoms with Crippen LogP contribution in [0.2, 0.25) is 0 Å². The molecule has 0 N–H and O–H groups in total. The molecule has 8 nitrogen and oxygen atoms in total. The highest BCUT2D eigenvalue weighted by Crippen LogP contribution is 2.27. The van der Waals surface area contributed by atoms with Crippen molar-refractivity contribution < 1.29 is 23.2 Å². The third kappa shape index (κ3) is 4.56. The van der Waals surface area contributed by atoms with E-state index < -0.39 is 0 Å². The molecule has 2 fully saturated rings. The van der Waals surface area contributed by atoms with Gasteiger partial charge in [0.15, 0.2) is 11.6 Å². The van der Waals surface area contributed by atoms with Crippen molar-refractivity contribution in [2.45, 2.75) is 31.6 Å². The minimum absolute atomic E-state index is 0.0771. The Hall–Kier alpha value is -2.19. The molecular weight excluding hydrogens is 350 g/mol. The van der Waals surface area contributed by atoms with E-state index in [9.17, 15) is 4.79 Å². The predicted octanol–water partition coefficient (Wildman–Crippen LogP) is 2.28. The summed E-state index contributed by atoms with van der Waals surface area (Å²) in [6, 6.07) is 3.40. The van der Waals surface area contributed by atoms with E-state index in [0.717, 1.165) is 39.1 Å². The van der Waals surface area contributed by atoms with Crippen molar-refractivity contribution in [2.75, 3.05) is 39.5 Å². The summed E-state index contributed by atoms with van der Waals surface area (Å²) >= 11 is 0. The maximum absolute atomic E-state index is 12.3. The number of aromatic nitrogens is 2. The van der Waals surface area contributed by atoms with E-state index in [0.29, 0.717) is 49.5 Å². The van der Waals surface area contributed by atoms with E-state index in [-0.39, 0.29) is 11.8 Å². The normalized spacial score (nSPS) is 21.0.